The van der Waals surface area contributed by atoms with Crippen molar-refractivity contribution in [3.05, 3.63) is 40.4 Å². The fraction of sp³-hybridized carbons (Fsp3) is 0.526. The van der Waals surface area contributed by atoms with Crippen molar-refractivity contribution in [3.8, 4) is 0 Å². The molecule has 2 unspecified atom stereocenters. The lowest BCUT2D eigenvalue weighted by atomic mass is 9.54. The van der Waals surface area contributed by atoms with Gasteiger partial charge in [0.05, 0.1) is 6.10 Å². The van der Waals surface area contributed by atoms with E-state index in [0.29, 0.717) is 17.4 Å². The van der Waals surface area contributed by atoms with E-state index in [2.05, 4.69) is 6.92 Å². The van der Waals surface area contributed by atoms with Gasteiger partial charge < -0.3 is 5.11 Å². The van der Waals surface area contributed by atoms with Gasteiger partial charge >= 0.3 is 0 Å². The predicted octanol–water partition coefficient (Wildman–Crippen LogP) is 4.50. The van der Waals surface area contributed by atoms with Crippen LogP contribution in [-0.2, 0) is 4.79 Å². The van der Waals surface area contributed by atoms with E-state index in [-0.39, 0.29) is 23.2 Å². The van der Waals surface area contributed by atoms with Gasteiger partial charge in [0.25, 0.3) is 0 Å². The number of allylic oxidation sites excluding steroid dienone is 1. The maximum absolute atomic E-state index is 12.7. The van der Waals surface area contributed by atoms with Gasteiger partial charge in [-0.2, -0.15) is 0 Å². The SMILES string of the molecule is CC1C(=O)C(=Cc2cccc(Cl)c2)C[C@@]2(C)C1CCC[C@@H]2O. The van der Waals surface area contributed by atoms with Gasteiger partial charge in [-0.15, -0.1) is 0 Å². The van der Waals surface area contributed by atoms with Crippen molar-refractivity contribution in [2.45, 2.75) is 45.6 Å². The highest BCUT2D eigenvalue weighted by Gasteiger charge is 2.51. The van der Waals surface area contributed by atoms with E-state index >= 15 is 0 Å². The molecular weight excluding hydrogens is 296 g/mol. The van der Waals surface area contributed by atoms with Crippen LogP contribution in [0.25, 0.3) is 6.08 Å². The van der Waals surface area contributed by atoms with Crippen molar-refractivity contribution in [2.75, 3.05) is 0 Å². The summed E-state index contributed by atoms with van der Waals surface area (Å²) in [6.07, 6.45) is 5.21. The molecule has 2 aliphatic carbocycles. The molecule has 0 aromatic heterocycles. The van der Waals surface area contributed by atoms with Crippen LogP contribution < -0.4 is 0 Å². The fourth-order valence-corrected chi connectivity index (χ4v) is 4.60. The first-order valence-corrected chi connectivity index (χ1v) is 8.48. The molecule has 0 radical (unpaired) electrons. The van der Waals surface area contributed by atoms with E-state index in [1.807, 2.05) is 37.3 Å². The monoisotopic (exact) mass is 318 g/mol. The number of ketones is 1. The minimum atomic E-state index is -0.315. The lowest BCUT2D eigenvalue weighted by Gasteiger charge is -2.51. The first-order valence-electron chi connectivity index (χ1n) is 8.10. The maximum atomic E-state index is 12.7. The molecule has 0 heterocycles. The van der Waals surface area contributed by atoms with Gasteiger partial charge in [-0.3, -0.25) is 4.79 Å². The third kappa shape index (κ3) is 2.63. The fourth-order valence-electron chi connectivity index (χ4n) is 4.40. The molecule has 1 aromatic rings. The number of benzene rings is 1. The van der Waals surface area contributed by atoms with Crippen LogP contribution in [0.15, 0.2) is 29.8 Å². The van der Waals surface area contributed by atoms with E-state index in [4.69, 9.17) is 11.6 Å². The van der Waals surface area contributed by atoms with Gasteiger partial charge in [0, 0.05) is 16.4 Å². The number of hydrogen-bond acceptors (Lipinski definition) is 2. The second-order valence-corrected chi connectivity index (χ2v) is 7.55. The van der Waals surface area contributed by atoms with Crippen LogP contribution in [0.2, 0.25) is 5.02 Å². The molecule has 0 bridgehead atoms. The van der Waals surface area contributed by atoms with E-state index in [1.54, 1.807) is 0 Å². The first kappa shape index (κ1) is 15.8. The molecule has 0 aliphatic heterocycles. The average molecular weight is 319 g/mol. The Bertz CT molecular complexity index is 622. The summed E-state index contributed by atoms with van der Waals surface area (Å²) in [5, 5.41) is 11.2. The first-order chi connectivity index (χ1) is 10.4. The average Bonchev–Trinajstić information content (AvgIpc) is 2.47. The molecule has 118 valence electrons. The largest absolute Gasteiger partial charge is 0.393 e. The number of aliphatic hydroxyl groups excluding tert-OH is 1. The van der Waals surface area contributed by atoms with Crippen LogP contribution in [0, 0.1) is 17.3 Å². The minimum absolute atomic E-state index is 0.0147. The summed E-state index contributed by atoms with van der Waals surface area (Å²) >= 11 is 6.03. The molecule has 2 nitrogen and oxygen atoms in total. The van der Waals surface area contributed by atoms with Gasteiger partial charge in [-0.1, -0.05) is 44.0 Å². The third-order valence-corrected chi connectivity index (χ3v) is 5.93. The molecule has 3 heteroatoms. The molecule has 2 saturated carbocycles. The molecule has 22 heavy (non-hydrogen) atoms. The Balaban J connectivity index is 1.97. The van der Waals surface area contributed by atoms with Crippen LogP contribution in [-0.4, -0.2) is 17.0 Å². The number of halogens is 1. The lowest BCUT2D eigenvalue weighted by Crippen LogP contribution is -2.51. The molecule has 2 fully saturated rings. The minimum Gasteiger partial charge on any atom is -0.393 e. The Labute approximate surface area is 137 Å². The highest BCUT2D eigenvalue weighted by Crippen LogP contribution is 2.53. The summed E-state index contributed by atoms with van der Waals surface area (Å²) in [6.45, 7) is 4.17. The van der Waals surface area contributed by atoms with E-state index in [0.717, 1.165) is 30.4 Å². The highest BCUT2D eigenvalue weighted by molar-refractivity contribution is 6.30. The summed E-state index contributed by atoms with van der Waals surface area (Å²) in [5.74, 6) is 0.510. The Morgan fingerprint density at radius 3 is 2.86 bits per heavy atom. The van der Waals surface area contributed by atoms with Gasteiger partial charge in [0.2, 0.25) is 0 Å². The molecule has 3 rings (SSSR count). The Kier molecular flexibility index (Phi) is 4.17. The zero-order chi connectivity index (χ0) is 15.9. The quantitative estimate of drug-likeness (QED) is 0.774. The van der Waals surface area contributed by atoms with E-state index < -0.39 is 0 Å². The van der Waals surface area contributed by atoms with Gasteiger partial charge in [0.15, 0.2) is 5.78 Å². The molecule has 0 spiro atoms. The van der Waals surface area contributed by atoms with Gasteiger partial charge in [-0.25, -0.2) is 0 Å². The van der Waals surface area contributed by atoms with Crippen molar-refractivity contribution in [1.29, 1.82) is 0 Å². The van der Waals surface area contributed by atoms with Crippen molar-refractivity contribution in [3.63, 3.8) is 0 Å². The number of carbonyl (C=O) groups is 1. The second kappa shape index (κ2) is 5.82. The zero-order valence-corrected chi connectivity index (χ0v) is 13.9. The summed E-state index contributed by atoms with van der Waals surface area (Å²) in [4.78, 5) is 12.7. The lowest BCUT2D eigenvalue weighted by molar-refractivity contribution is -0.133. The molecular formula is C19H23ClO2. The number of rotatable bonds is 1. The third-order valence-electron chi connectivity index (χ3n) is 5.70. The topological polar surface area (TPSA) is 37.3 Å². The Hall–Kier alpha value is -1.12. The summed E-state index contributed by atoms with van der Waals surface area (Å²) < 4.78 is 0. The summed E-state index contributed by atoms with van der Waals surface area (Å²) in [7, 11) is 0. The Morgan fingerprint density at radius 2 is 2.14 bits per heavy atom. The molecule has 0 amide bonds. The van der Waals surface area contributed by atoms with Crippen LogP contribution >= 0.6 is 11.6 Å². The molecule has 0 saturated heterocycles. The normalized spacial score (nSPS) is 37.2. The highest BCUT2D eigenvalue weighted by atomic mass is 35.5. The maximum Gasteiger partial charge on any atom is 0.161 e. The van der Waals surface area contributed by atoms with Gasteiger partial charge in [-0.05, 0) is 54.5 Å². The van der Waals surface area contributed by atoms with Crippen molar-refractivity contribution in [1.82, 2.24) is 0 Å². The predicted molar refractivity (Wildman–Crippen MR) is 89.7 cm³/mol. The molecule has 2 aliphatic rings. The van der Waals surface area contributed by atoms with Gasteiger partial charge in [0.1, 0.15) is 0 Å². The number of fused-ring (bicyclic) bond motifs is 1. The smallest absolute Gasteiger partial charge is 0.161 e. The van der Waals surface area contributed by atoms with E-state index in [1.165, 1.54) is 0 Å². The van der Waals surface area contributed by atoms with Crippen molar-refractivity contribution < 1.29 is 9.90 Å². The second-order valence-electron chi connectivity index (χ2n) is 7.11. The number of hydrogen-bond donors (Lipinski definition) is 1. The van der Waals surface area contributed by atoms with Crippen LogP contribution in [0.4, 0.5) is 0 Å². The standard InChI is InChI=1S/C19H23ClO2/c1-12-16-7-4-8-17(21)19(16,2)11-14(18(12)22)9-13-5-3-6-15(20)10-13/h3,5-6,9-10,12,16-17,21H,4,7-8,11H2,1-2H3/t12?,16?,17-,19-/m0/s1. The zero-order valence-electron chi connectivity index (χ0n) is 13.2. The van der Waals surface area contributed by atoms with Crippen molar-refractivity contribution >= 4 is 23.5 Å². The molecule has 4 atom stereocenters. The molecule has 1 N–H and O–H groups in total. The van der Waals surface area contributed by atoms with Crippen LogP contribution in [0.3, 0.4) is 0 Å². The Morgan fingerprint density at radius 1 is 1.36 bits per heavy atom. The number of aliphatic hydroxyl groups is 1. The van der Waals surface area contributed by atoms with Crippen LogP contribution in [0.5, 0.6) is 0 Å². The number of Topliss-reactive ketones (excluding diaryl/α,β-unsaturated/α-hetero) is 1. The van der Waals surface area contributed by atoms with Crippen molar-refractivity contribution in [2.24, 2.45) is 17.3 Å². The summed E-state index contributed by atoms with van der Waals surface area (Å²) in [6, 6.07) is 7.56. The number of carbonyl (C=O) groups excluding carboxylic acids is 1. The molecule has 1 aromatic carbocycles. The summed E-state index contributed by atoms with van der Waals surface area (Å²) in [5.41, 5.74) is 1.60. The van der Waals surface area contributed by atoms with E-state index in [9.17, 15) is 9.90 Å². The van der Waals surface area contributed by atoms with Crippen LogP contribution in [0.1, 0.15) is 45.1 Å².